The van der Waals surface area contributed by atoms with Crippen LogP contribution in [0.5, 0.6) is 0 Å². The average molecular weight is 176 g/mol. The van der Waals surface area contributed by atoms with E-state index in [-0.39, 0.29) is 0 Å². The summed E-state index contributed by atoms with van der Waals surface area (Å²) in [6.07, 6.45) is 5.38. The molecule has 0 unspecified atom stereocenters. The molecule has 0 radical (unpaired) electrons. The molecule has 0 heterocycles. The van der Waals surface area contributed by atoms with Crippen molar-refractivity contribution in [2.75, 3.05) is 0 Å². The van der Waals surface area contributed by atoms with Gasteiger partial charge in [0.2, 0.25) is 0 Å². The largest absolute Gasteiger partial charge is 0.470 e. The number of halogens is 1. The van der Waals surface area contributed by atoms with Crippen LogP contribution >= 0.6 is 11.6 Å². The van der Waals surface area contributed by atoms with E-state index in [0.29, 0.717) is 6.42 Å². The van der Waals surface area contributed by atoms with E-state index < -0.39 is 12.4 Å². The first-order valence-electron chi connectivity index (χ1n) is 3.79. The zero-order valence-corrected chi connectivity index (χ0v) is 7.30. The van der Waals surface area contributed by atoms with E-state index in [1.807, 2.05) is 6.08 Å². The summed E-state index contributed by atoms with van der Waals surface area (Å²) in [5, 5.41) is 16.6. The first-order valence-corrected chi connectivity index (χ1v) is 4.23. The van der Waals surface area contributed by atoms with Crippen LogP contribution in [0.15, 0.2) is 12.7 Å². The highest BCUT2D eigenvalue weighted by Gasteiger charge is 2.19. The topological polar surface area (TPSA) is 40.5 Å². The molecule has 0 fully saturated rings. The Hall–Kier alpha value is 0.0149. The maximum absolute atomic E-state index is 8.58. The van der Waals surface area contributed by atoms with Gasteiger partial charge in [0.15, 0.2) is 0 Å². The van der Waals surface area contributed by atoms with E-state index in [1.54, 1.807) is 0 Å². The molecule has 0 rings (SSSR count). The van der Waals surface area contributed by atoms with Gasteiger partial charge in [-0.25, -0.2) is 0 Å². The van der Waals surface area contributed by atoms with Crippen LogP contribution in [0.2, 0.25) is 0 Å². The highest BCUT2D eigenvalue weighted by atomic mass is 35.5. The Morgan fingerprint density at radius 1 is 1.45 bits per heavy atom. The summed E-state index contributed by atoms with van der Waals surface area (Å²) in [7, 11) is -1.39. The molecule has 0 saturated heterocycles. The lowest BCUT2D eigenvalue weighted by atomic mass is 9.82. The summed E-state index contributed by atoms with van der Waals surface area (Å²) in [5.41, 5.74) is 0. The van der Waals surface area contributed by atoms with Crippen molar-refractivity contribution in [1.29, 1.82) is 0 Å². The summed E-state index contributed by atoms with van der Waals surface area (Å²) in [5.74, 6) is 0. The third-order valence-electron chi connectivity index (χ3n) is 1.46. The van der Waals surface area contributed by atoms with Crippen LogP contribution in [-0.4, -0.2) is 22.4 Å². The van der Waals surface area contributed by atoms with Gasteiger partial charge < -0.3 is 10.0 Å². The third kappa shape index (κ3) is 6.41. The van der Waals surface area contributed by atoms with Gasteiger partial charge in [-0.05, 0) is 19.3 Å². The Morgan fingerprint density at radius 2 is 2.09 bits per heavy atom. The Balaban J connectivity index is 3.17. The minimum atomic E-state index is -1.39. The number of unbranched alkanes of at least 4 members (excludes halogenated alkanes) is 2. The fourth-order valence-electron chi connectivity index (χ4n) is 0.777. The maximum atomic E-state index is 8.58. The van der Waals surface area contributed by atoms with E-state index in [0.717, 1.165) is 19.3 Å². The van der Waals surface area contributed by atoms with Crippen molar-refractivity contribution in [2.45, 2.75) is 31.0 Å². The Labute approximate surface area is 73.0 Å². The van der Waals surface area contributed by atoms with Crippen molar-refractivity contribution in [3.05, 3.63) is 12.7 Å². The second kappa shape index (κ2) is 6.71. The van der Waals surface area contributed by atoms with Crippen molar-refractivity contribution in [3.63, 3.8) is 0 Å². The number of hydrogen-bond acceptors (Lipinski definition) is 2. The van der Waals surface area contributed by atoms with Gasteiger partial charge in [0, 0.05) is 0 Å². The molecule has 1 atom stereocenters. The van der Waals surface area contributed by atoms with Gasteiger partial charge >= 0.3 is 7.12 Å². The summed E-state index contributed by atoms with van der Waals surface area (Å²) in [6.45, 7) is 3.58. The number of hydrogen-bond donors (Lipinski definition) is 2. The maximum Gasteiger partial charge on any atom is 0.470 e. The molecule has 0 spiro atoms. The van der Waals surface area contributed by atoms with Crippen molar-refractivity contribution < 1.29 is 10.0 Å². The third-order valence-corrected chi connectivity index (χ3v) is 1.91. The van der Waals surface area contributed by atoms with E-state index in [2.05, 4.69) is 6.58 Å². The molecule has 0 aliphatic carbocycles. The van der Waals surface area contributed by atoms with Gasteiger partial charge in [0.25, 0.3) is 0 Å². The molecule has 0 aromatic rings. The highest BCUT2D eigenvalue weighted by molar-refractivity contribution is 6.57. The monoisotopic (exact) mass is 176 g/mol. The van der Waals surface area contributed by atoms with Crippen molar-refractivity contribution in [3.8, 4) is 0 Å². The van der Waals surface area contributed by atoms with Crippen LogP contribution in [0.1, 0.15) is 25.7 Å². The predicted molar refractivity (Wildman–Crippen MR) is 48.5 cm³/mol. The van der Waals surface area contributed by atoms with E-state index in [1.165, 1.54) is 0 Å². The van der Waals surface area contributed by atoms with Crippen LogP contribution < -0.4 is 0 Å². The lowest BCUT2D eigenvalue weighted by Crippen LogP contribution is -2.25. The summed E-state index contributed by atoms with van der Waals surface area (Å²) < 4.78 is 0. The first kappa shape index (κ1) is 11.0. The molecule has 0 aromatic carbocycles. The molecule has 4 heteroatoms. The molecule has 0 saturated carbocycles. The molecular weight excluding hydrogens is 162 g/mol. The van der Waals surface area contributed by atoms with Crippen LogP contribution in [0, 0.1) is 0 Å². The highest BCUT2D eigenvalue weighted by Crippen LogP contribution is 2.09. The Morgan fingerprint density at radius 3 is 2.55 bits per heavy atom. The molecule has 64 valence electrons. The fourth-order valence-corrected chi connectivity index (χ4v) is 0.931. The van der Waals surface area contributed by atoms with Gasteiger partial charge in [0.05, 0.1) is 5.28 Å². The quantitative estimate of drug-likeness (QED) is 0.278. The Bertz CT molecular complexity index is 109. The second-order valence-electron chi connectivity index (χ2n) is 2.50. The molecule has 11 heavy (non-hydrogen) atoms. The molecular formula is C7H14BClO2. The molecule has 0 amide bonds. The lowest BCUT2D eigenvalue weighted by Gasteiger charge is -2.05. The SMILES string of the molecule is C=CCCCC[C@H](Cl)B(O)O. The predicted octanol–water partition coefficient (Wildman–Crippen LogP) is 1.35. The lowest BCUT2D eigenvalue weighted by molar-refractivity contribution is 0.397. The molecule has 0 aromatic heterocycles. The number of rotatable bonds is 6. The summed E-state index contributed by atoms with van der Waals surface area (Å²) in [6, 6.07) is 0. The van der Waals surface area contributed by atoms with E-state index in [4.69, 9.17) is 21.6 Å². The number of alkyl halides is 1. The van der Waals surface area contributed by atoms with Crippen LogP contribution in [0.3, 0.4) is 0 Å². The minimum Gasteiger partial charge on any atom is -0.426 e. The van der Waals surface area contributed by atoms with Crippen molar-refractivity contribution in [1.82, 2.24) is 0 Å². The second-order valence-corrected chi connectivity index (χ2v) is 3.06. The molecule has 0 aliphatic heterocycles. The van der Waals surface area contributed by atoms with E-state index in [9.17, 15) is 0 Å². The molecule has 2 nitrogen and oxygen atoms in total. The zero-order chi connectivity index (χ0) is 8.69. The smallest absolute Gasteiger partial charge is 0.426 e. The summed E-state index contributed by atoms with van der Waals surface area (Å²) >= 11 is 5.57. The fraction of sp³-hybridized carbons (Fsp3) is 0.714. The van der Waals surface area contributed by atoms with Crippen LogP contribution in [0.4, 0.5) is 0 Å². The minimum absolute atomic E-state index is 0.528. The van der Waals surface area contributed by atoms with E-state index >= 15 is 0 Å². The first-order chi connectivity index (χ1) is 5.18. The molecule has 2 N–H and O–H groups in total. The standard InChI is InChI=1S/C7H14BClO2/c1-2-3-4-5-6-7(9)8(10)11/h2,7,10-11H,1,3-6H2/t7-/m0/s1. The van der Waals surface area contributed by atoms with Crippen LogP contribution in [-0.2, 0) is 0 Å². The van der Waals surface area contributed by atoms with Gasteiger partial charge in [-0.1, -0.05) is 12.5 Å². The molecule has 0 bridgehead atoms. The van der Waals surface area contributed by atoms with Gasteiger partial charge in [-0.3, -0.25) is 0 Å². The van der Waals surface area contributed by atoms with Crippen molar-refractivity contribution in [2.24, 2.45) is 0 Å². The molecule has 0 aliphatic rings. The van der Waals surface area contributed by atoms with Crippen molar-refractivity contribution >= 4 is 18.7 Å². The van der Waals surface area contributed by atoms with Gasteiger partial charge in [-0.15, -0.1) is 18.2 Å². The average Bonchev–Trinajstić information content (AvgIpc) is 1.97. The number of allylic oxidation sites excluding steroid dienone is 1. The summed E-state index contributed by atoms with van der Waals surface area (Å²) in [4.78, 5) is 0. The van der Waals surface area contributed by atoms with Crippen LogP contribution in [0.25, 0.3) is 0 Å². The Kier molecular flexibility index (Phi) is 6.72. The zero-order valence-electron chi connectivity index (χ0n) is 6.54. The van der Waals surface area contributed by atoms with Gasteiger partial charge in [-0.2, -0.15) is 0 Å². The normalized spacial score (nSPS) is 12.6. The van der Waals surface area contributed by atoms with Gasteiger partial charge in [0.1, 0.15) is 0 Å².